The van der Waals surface area contributed by atoms with Crippen molar-refractivity contribution in [1.82, 2.24) is 4.90 Å². The Bertz CT molecular complexity index is 409. The second kappa shape index (κ2) is 10.5. The van der Waals surface area contributed by atoms with Crippen LogP contribution in [0.25, 0.3) is 0 Å². The van der Waals surface area contributed by atoms with Crippen LogP contribution in [-0.4, -0.2) is 56.1 Å². The van der Waals surface area contributed by atoms with E-state index in [9.17, 15) is 5.11 Å². The summed E-state index contributed by atoms with van der Waals surface area (Å²) < 4.78 is 10.4. The molecule has 0 spiro atoms. The molecule has 4 heteroatoms. The molecule has 1 N–H and O–H groups in total. The summed E-state index contributed by atoms with van der Waals surface area (Å²) in [6.45, 7) is 9.25. The Kier molecular flexibility index (Phi) is 8.94. The van der Waals surface area contributed by atoms with E-state index < -0.39 is 6.10 Å². The number of benzene rings is 1. The van der Waals surface area contributed by atoms with Gasteiger partial charge in [0.05, 0.1) is 25.9 Å². The molecule has 0 heterocycles. The van der Waals surface area contributed by atoms with Crippen LogP contribution in [0, 0.1) is 6.92 Å². The maximum absolute atomic E-state index is 10.0. The van der Waals surface area contributed by atoms with Crippen LogP contribution in [0.1, 0.15) is 11.1 Å². The van der Waals surface area contributed by atoms with Crippen LogP contribution < -0.4 is 0 Å². The van der Waals surface area contributed by atoms with Gasteiger partial charge < -0.3 is 14.6 Å². The third kappa shape index (κ3) is 7.97. The van der Waals surface area contributed by atoms with E-state index in [2.05, 4.69) is 42.7 Å². The molecular weight excluding hydrogens is 266 g/mol. The lowest BCUT2D eigenvalue weighted by atomic mass is 10.1. The van der Waals surface area contributed by atoms with Crippen molar-refractivity contribution < 1.29 is 14.6 Å². The van der Waals surface area contributed by atoms with E-state index in [1.807, 2.05) is 0 Å². The average molecular weight is 293 g/mol. The Hall–Kier alpha value is -1.20. The van der Waals surface area contributed by atoms with Gasteiger partial charge in [-0.2, -0.15) is 0 Å². The van der Waals surface area contributed by atoms with E-state index in [0.29, 0.717) is 26.4 Å². The van der Waals surface area contributed by atoms with Gasteiger partial charge in [0.2, 0.25) is 0 Å². The van der Waals surface area contributed by atoms with Gasteiger partial charge in [0.15, 0.2) is 0 Å². The van der Waals surface area contributed by atoms with Crippen LogP contribution in [0.2, 0.25) is 0 Å². The van der Waals surface area contributed by atoms with Crippen molar-refractivity contribution in [2.24, 2.45) is 0 Å². The van der Waals surface area contributed by atoms with Crippen molar-refractivity contribution >= 4 is 0 Å². The van der Waals surface area contributed by atoms with Crippen LogP contribution in [0.15, 0.2) is 36.9 Å². The fraction of sp³-hybridized carbons (Fsp3) is 0.529. The van der Waals surface area contributed by atoms with Gasteiger partial charge in [-0.15, -0.1) is 6.58 Å². The summed E-state index contributed by atoms with van der Waals surface area (Å²) in [7, 11) is 1.69. The van der Waals surface area contributed by atoms with Crippen molar-refractivity contribution in [1.29, 1.82) is 0 Å². The number of aliphatic hydroxyl groups excluding tert-OH is 1. The molecule has 0 saturated heterocycles. The fourth-order valence-electron chi connectivity index (χ4n) is 2.16. The normalized spacial score (nSPS) is 12.6. The maximum atomic E-state index is 10.0. The fourth-order valence-corrected chi connectivity index (χ4v) is 2.16. The van der Waals surface area contributed by atoms with E-state index >= 15 is 0 Å². The van der Waals surface area contributed by atoms with Crippen molar-refractivity contribution in [2.75, 3.05) is 40.0 Å². The van der Waals surface area contributed by atoms with E-state index in [1.54, 1.807) is 13.2 Å². The zero-order chi connectivity index (χ0) is 15.5. The molecule has 1 aromatic rings. The molecule has 0 radical (unpaired) electrons. The van der Waals surface area contributed by atoms with E-state index in [4.69, 9.17) is 9.47 Å². The van der Waals surface area contributed by atoms with Crippen LogP contribution in [0.5, 0.6) is 0 Å². The molecule has 0 aliphatic carbocycles. The average Bonchev–Trinajstić information content (AvgIpc) is 2.45. The smallest absolute Gasteiger partial charge is 0.0900 e. The number of ether oxygens (including phenoxy) is 2. The molecule has 21 heavy (non-hydrogen) atoms. The number of aliphatic hydroxyl groups is 1. The third-order valence-electron chi connectivity index (χ3n) is 3.12. The topological polar surface area (TPSA) is 41.9 Å². The maximum Gasteiger partial charge on any atom is 0.0900 e. The van der Waals surface area contributed by atoms with Gasteiger partial charge in [0.1, 0.15) is 0 Å². The van der Waals surface area contributed by atoms with Crippen molar-refractivity contribution in [3.8, 4) is 0 Å². The Balaban J connectivity index is 2.52. The molecule has 0 aliphatic rings. The van der Waals surface area contributed by atoms with Crippen molar-refractivity contribution in [3.05, 3.63) is 48.0 Å². The molecule has 0 saturated carbocycles. The molecule has 1 rings (SSSR count). The molecule has 1 aromatic carbocycles. The van der Waals surface area contributed by atoms with E-state index in [1.165, 1.54) is 11.1 Å². The number of hydrogen-bond acceptors (Lipinski definition) is 4. The molecule has 118 valence electrons. The molecule has 1 atom stereocenters. The summed E-state index contributed by atoms with van der Waals surface area (Å²) in [5.41, 5.74) is 2.49. The van der Waals surface area contributed by atoms with Crippen LogP contribution in [0.4, 0.5) is 0 Å². The number of nitrogens with zero attached hydrogens (tertiary/aromatic N) is 1. The summed E-state index contributed by atoms with van der Waals surface area (Å²) >= 11 is 0. The summed E-state index contributed by atoms with van der Waals surface area (Å²) in [6.07, 6.45) is 1.17. The number of hydrogen-bond donors (Lipinski definition) is 1. The highest BCUT2D eigenvalue weighted by atomic mass is 16.5. The summed E-state index contributed by atoms with van der Waals surface area (Å²) in [5.74, 6) is 0. The van der Waals surface area contributed by atoms with Gasteiger partial charge >= 0.3 is 0 Å². The van der Waals surface area contributed by atoms with Gasteiger partial charge in [-0.3, -0.25) is 4.90 Å². The second-order valence-corrected chi connectivity index (χ2v) is 5.20. The Morgan fingerprint density at radius 3 is 2.90 bits per heavy atom. The number of methoxy groups -OCH3 is 1. The second-order valence-electron chi connectivity index (χ2n) is 5.20. The van der Waals surface area contributed by atoms with E-state index in [-0.39, 0.29) is 0 Å². The predicted molar refractivity (Wildman–Crippen MR) is 85.4 cm³/mol. The van der Waals surface area contributed by atoms with Crippen LogP contribution in [0.3, 0.4) is 0 Å². The molecule has 0 amide bonds. The minimum absolute atomic E-state index is 0.323. The largest absolute Gasteiger partial charge is 0.389 e. The minimum Gasteiger partial charge on any atom is -0.389 e. The molecule has 0 fully saturated rings. The molecule has 4 nitrogen and oxygen atoms in total. The number of rotatable bonds is 11. The standard InChI is InChI=1S/C17H27NO3/c1-4-9-21-14-17(19)13-18(8-10-20-3)12-16-7-5-6-15(2)11-16/h4-7,11,17,19H,1,8-10,12-14H2,2-3H3/t17-/m1/s1. The van der Waals surface area contributed by atoms with Crippen LogP contribution in [-0.2, 0) is 16.0 Å². The first-order valence-corrected chi connectivity index (χ1v) is 7.29. The predicted octanol–water partition coefficient (Wildman–Crippen LogP) is 2.01. The van der Waals surface area contributed by atoms with E-state index in [0.717, 1.165) is 13.1 Å². The van der Waals surface area contributed by atoms with Gasteiger partial charge in [-0.05, 0) is 12.5 Å². The molecule has 0 aromatic heterocycles. The third-order valence-corrected chi connectivity index (χ3v) is 3.12. The summed E-state index contributed by atoms with van der Waals surface area (Å²) in [5, 5.41) is 10.0. The van der Waals surface area contributed by atoms with Gasteiger partial charge in [-0.1, -0.05) is 35.9 Å². The Labute approximate surface area is 128 Å². The minimum atomic E-state index is -0.508. The van der Waals surface area contributed by atoms with Crippen LogP contribution >= 0.6 is 0 Å². The lowest BCUT2D eigenvalue weighted by Gasteiger charge is -2.25. The summed E-state index contributed by atoms with van der Waals surface area (Å²) in [4.78, 5) is 2.18. The SMILES string of the molecule is C=CCOC[C@H](O)CN(CCOC)Cc1cccc(C)c1. The lowest BCUT2D eigenvalue weighted by Crippen LogP contribution is -2.36. The number of aryl methyl sites for hydroxylation is 1. The molecule has 0 bridgehead atoms. The highest BCUT2D eigenvalue weighted by Crippen LogP contribution is 2.08. The Morgan fingerprint density at radius 2 is 2.24 bits per heavy atom. The molecular formula is C17H27NO3. The first kappa shape index (κ1) is 17.9. The molecule has 0 aliphatic heterocycles. The highest BCUT2D eigenvalue weighted by Gasteiger charge is 2.12. The monoisotopic (exact) mass is 293 g/mol. The first-order valence-electron chi connectivity index (χ1n) is 7.29. The zero-order valence-electron chi connectivity index (χ0n) is 13.1. The highest BCUT2D eigenvalue weighted by molar-refractivity contribution is 5.22. The van der Waals surface area contributed by atoms with Crippen molar-refractivity contribution in [3.63, 3.8) is 0 Å². The summed E-state index contributed by atoms with van der Waals surface area (Å²) in [6, 6.07) is 8.41. The first-order chi connectivity index (χ1) is 10.2. The molecule has 0 unspecified atom stereocenters. The Morgan fingerprint density at radius 1 is 1.43 bits per heavy atom. The quantitative estimate of drug-likeness (QED) is 0.500. The van der Waals surface area contributed by atoms with Crippen molar-refractivity contribution in [2.45, 2.75) is 19.6 Å². The van der Waals surface area contributed by atoms with Gasteiger partial charge in [0.25, 0.3) is 0 Å². The zero-order valence-corrected chi connectivity index (χ0v) is 13.1. The lowest BCUT2D eigenvalue weighted by molar-refractivity contribution is 0.0194. The van der Waals surface area contributed by atoms with Gasteiger partial charge in [-0.25, -0.2) is 0 Å². The van der Waals surface area contributed by atoms with Gasteiger partial charge in [0, 0.05) is 26.7 Å².